The number of anilines is 1. The molecule has 1 N–H and O–H groups in total. The Kier molecular flexibility index (Phi) is 4.76. The first-order valence-electron chi connectivity index (χ1n) is 8.16. The van der Waals surface area contributed by atoms with E-state index in [1.165, 1.54) is 6.08 Å². The fourth-order valence-corrected chi connectivity index (χ4v) is 2.69. The number of hydrogen-bond acceptors (Lipinski definition) is 6. The molecule has 0 atom stereocenters. The molecule has 0 saturated carbocycles. The smallest absolute Gasteiger partial charge is 0.322 e. The van der Waals surface area contributed by atoms with Crippen LogP contribution in [-0.2, 0) is 4.79 Å². The van der Waals surface area contributed by atoms with Crippen molar-refractivity contribution in [3.8, 4) is 23.0 Å². The zero-order chi connectivity index (χ0) is 18.6. The second-order valence-electron chi connectivity index (χ2n) is 5.61. The van der Waals surface area contributed by atoms with E-state index in [1.54, 1.807) is 36.4 Å². The van der Waals surface area contributed by atoms with E-state index in [2.05, 4.69) is 15.5 Å². The first kappa shape index (κ1) is 17.1. The van der Waals surface area contributed by atoms with Crippen LogP contribution >= 0.6 is 11.6 Å². The number of carbonyl (C=O) groups is 1. The maximum atomic E-state index is 12.0. The highest BCUT2D eigenvalue weighted by Crippen LogP contribution is 2.34. The van der Waals surface area contributed by atoms with Crippen LogP contribution in [0.3, 0.4) is 0 Å². The van der Waals surface area contributed by atoms with Gasteiger partial charge in [-0.15, -0.1) is 5.10 Å². The van der Waals surface area contributed by atoms with Gasteiger partial charge in [-0.3, -0.25) is 10.1 Å². The van der Waals surface area contributed by atoms with Crippen molar-refractivity contribution < 1.29 is 18.7 Å². The Labute approximate surface area is 159 Å². The molecule has 136 valence electrons. The Morgan fingerprint density at radius 1 is 1.07 bits per heavy atom. The van der Waals surface area contributed by atoms with Crippen molar-refractivity contribution in [2.75, 3.05) is 18.5 Å². The number of ether oxygens (including phenoxy) is 2. The van der Waals surface area contributed by atoms with Crippen molar-refractivity contribution in [3.05, 3.63) is 59.1 Å². The standard InChI is InChI=1S/C19H14ClN3O4/c20-14-4-2-1-3-12(14)6-8-17(24)21-19-23-22-18(27-19)13-5-7-15-16(11-13)26-10-9-25-15/h1-8,11H,9-10H2,(H,21,23,24)/b8-6+. The van der Waals surface area contributed by atoms with Gasteiger partial charge in [-0.05, 0) is 35.9 Å². The van der Waals surface area contributed by atoms with E-state index in [4.69, 9.17) is 25.5 Å². The van der Waals surface area contributed by atoms with Crippen molar-refractivity contribution in [1.82, 2.24) is 10.2 Å². The maximum Gasteiger partial charge on any atom is 0.322 e. The number of rotatable bonds is 4. The van der Waals surface area contributed by atoms with Crippen molar-refractivity contribution in [2.45, 2.75) is 0 Å². The molecule has 4 rings (SSSR count). The average molecular weight is 384 g/mol. The van der Waals surface area contributed by atoms with Crippen molar-refractivity contribution >= 4 is 29.6 Å². The van der Waals surface area contributed by atoms with Crippen LogP contribution in [0.4, 0.5) is 6.01 Å². The Morgan fingerprint density at radius 3 is 2.74 bits per heavy atom. The molecular formula is C19H14ClN3O4. The number of nitrogens with one attached hydrogen (secondary N) is 1. The van der Waals surface area contributed by atoms with E-state index in [9.17, 15) is 4.79 Å². The highest BCUT2D eigenvalue weighted by Gasteiger charge is 2.16. The third-order valence-corrected chi connectivity index (χ3v) is 4.11. The summed E-state index contributed by atoms with van der Waals surface area (Å²) in [6.07, 6.45) is 2.95. The topological polar surface area (TPSA) is 86.5 Å². The average Bonchev–Trinajstić information content (AvgIpc) is 3.15. The van der Waals surface area contributed by atoms with Gasteiger partial charge in [0.05, 0.1) is 0 Å². The van der Waals surface area contributed by atoms with Crippen molar-refractivity contribution in [3.63, 3.8) is 0 Å². The predicted molar refractivity (Wildman–Crippen MR) is 99.8 cm³/mol. The van der Waals surface area contributed by atoms with E-state index in [-0.39, 0.29) is 11.9 Å². The van der Waals surface area contributed by atoms with Crippen LogP contribution in [0.25, 0.3) is 17.5 Å². The number of hydrogen-bond donors (Lipinski definition) is 1. The van der Waals surface area contributed by atoms with Gasteiger partial charge in [0.25, 0.3) is 5.91 Å². The molecule has 0 bridgehead atoms. The zero-order valence-corrected chi connectivity index (χ0v) is 14.8. The van der Waals surface area contributed by atoms with Crippen LogP contribution in [0.15, 0.2) is 53.0 Å². The largest absolute Gasteiger partial charge is 0.486 e. The minimum atomic E-state index is -0.410. The summed E-state index contributed by atoms with van der Waals surface area (Å²) in [5, 5.41) is 10.9. The molecule has 0 aliphatic carbocycles. The van der Waals surface area contributed by atoms with Gasteiger partial charge in [0.1, 0.15) is 13.2 Å². The van der Waals surface area contributed by atoms with Gasteiger partial charge < -0.3 is 13.9 Å². The lowest BCUT2D eigenvalue weighted by Gasteiger charge is -2.18. The number of amides is 1. The fraction of sp³-hybridized carbons (Fsp3) is 0.105. The number of carbonyl (C=O) groups excluding carboxylic acids is 1. The third kappa shape index (κ3) is 3.93. The molecule has 1 aliphatic rings. The van der Waals surface area contributed by atoms with Gasteiger partial charge in [-0.1, -0.05) is 34.9 Å². The molecule has 7 nitrogen and oxygen atoms in total. The second-order valence-corrected chi connectivity index (χ2v) is 6.02. The molecule has 0 saturated heterocycles. The molecule has 27 heavy (non-hydrogen) atoms. The first-order chi connectivity index (χ1) is 13.2. The summed E-state index contributed by atoms with van der Waals surface area (Å²) in [6.45, 7) is 1.00. The van der Waals surface area contributed by atoms with Crippen LogP contribution in [0.1, 0.15) is 5.56 Å². The summed E-state index contributed by atoms with van der Waals surface area (Å²) in [5.41, 5.74) is 1.40. The molecule has 0 unspecified atom stereocenters. The van der Waals surface area contributed by atoms with Crippen molar-refractivity contribution in [2.24, 2.45) is 0 Å². The molecule has 3 aromatic rings. The molecule has 1 amide bonds. The number of aromatic nitrogens is 2. The van der Waals surface area contributed by atoms with Gasteiger partial charge in [0.15, 0.2) is 11.5 Å². The Balaban J connectivity index is 1.45. The number of halogens is 1. The van der Waals surface area contributed by atoms with E-state index in [0.29, 0.717) is 35.3 Å². The molecule has 0 fully saturated rings. The summed E-state index contributed by atoms with van der Waals surface area (Å²) in [7, 11) is 0. The van der Waals surface area contributed by atoms with E-state index >= 15 is 0 Å². The van der Waals surface area contributed by atoms with Gasteiger partial charge in [0, 0.05) is 16.7 Å². The molecule has 8 heteroatoms. The SMILES string of the molecule is O=C(/C=C/c1ccccc1Cl)Nc1nnc(-c2ccc3c(c2)OCCO3)o1. The molecule has 0 radical (unpaired) electrons. The van der Waals surface area contributed by atoms with Crippen LogP contribution in [0.2, 0.25) is 5.02 Å². The Morgan fingerprint density at radius 2 is 1.89 bits per heavy atom. The Hall–Kier alpha value is -3.32. The molecule has 2 aromatic carbocycles. The lowest BCUT2D eigenvalue weighted by molar-refractivity contribution is -0.112. The van der Waals surface area contributed by atoms with Crippen LogP contribution in [0.5, 0.6) is 11.5 Å². The van der Waals surface area contributed by atoms with Crippen LogP contribution in [0, 0.1) is 0 Å². The van der Waals surface area contributed by atoms with E-state index in [0.717, 1.165) is 5.56 Å². The predicted octanol–water partition coefficient (Wildman–Crippen LogP) is 3.81. The third-order valence-electron chi connectivity index (χ3n) is 3.76. The van der Waals surface area contributed by atoms with Gasteiger partial charge in [-0.25, -0.2) is 0 Å². The highest BCUT2D eigenvalue weighted by atomic mass is 35.5. The minimum absolute atomic E-state index is 0.00584. The maximum absolute atomic E-state index is 12.0. The summed E-state index contributed by atoms with van der Waals surface area (Å²) in [5.74, 6) is 1.14. The number of nitrogens with zero attached hydrogens (tertiary/aromatic N) is 2. The van der Waals surface area contributed by atoms with Crippen LogP contribution < -0.4 is 14.8 Å². The van der Waals surface area contributed by atoms with Crippen molar-refractivity contribution in [1.29, 1.82) is 0 Å². The quantitative estimate of drug-likeness (QED) is 0.689. The normalized spacial score (nSPS) is 12.9. The van der Waals surface area contributed by atoms with E-state index in [1.807, 2.05) is 12.1 Å². The summed E-state index contributed by atoms with van der Waals surface area (Å²) < 4.78 is 16.5. The monoisotopic (exact) mass is 383 g/mol. The van der Waals surface area contributed by atoms with Gasteiger partial charge >= 0.3 is 6.01 Å². The molecular weight excluding hydrogens is 370 g/mol. The zero-order valence-electron chi connectivity index (χ0n) is 14.0. The highest BCUT2D eigenvalue weighted by molar-refractivity contribution is 6.32. The van der Waals surface area contributed by atoms with Gasteiger partial charge in [0.2, 0.25) is 5.89 Å². The summed E-state index contributed by atoms with van der Waals surface area (Å²) >= 11 is 6.05. The number of benzene rings is 2. The first-order valence-corrected chi connectivity index (χ1v) is 8.54. The second kappa shape index (κ2) is 7.51. The molecule has 2 heterocycles. The Bertz CT molecular complexity index is 1020. The lowest BCUT2D eigenvalue weighted by Crippen LogP contribution is -2.15. The minimum Gasteiger partial charge on any atom is -0.486 e. The summed E-state index contributed by atoms with van der Waals surface area (Å²) in [6, 6.07) is 12.5. The molecule has 1 aliphatic heterocycles. The van der Waals surface area contributed by atoms with Gasteiger partial charge in [-0.2, -0.15) is 0 Å². The fourth-order valence-electron chi connectivity index (χ4n) is 2.49. The van der Waals surface area contributed by atoms with E-state index < -0.39 is 5.91 Å². The summed E-state index contributed by atoms with van der Waals surface area (Å²) in [4.78, 5) is 12.0. The lowest BCUT2D eigenvalue weighted by atomic mass is 10.2. The molecule has 0 spiro atoms. The van der Waals surface area contributed by atoms with Crippen LogP contribution in [-0.4, -0.2) is 29.3 Å². The number of fused-ring (bicyclic) bond motifs is 1. The molecule has 1 aromatic heterocycles.